The van der Waals surface area contributed by atoms with Crippen LogP contribution in [0.1, 0.15) is 5.56 Å². The monoisotopic (exact) mass is 398 g/mol. The van der Waals surface area contributed by atoms with Gasteiger partial charge in [0, 0.05) is 26.2 Å². The zero-order valence-corrected chi connectivity index (χ0v) is 14.7. The van der Waals surface area contributed by atoms with Gasteiger partial charge >= 0.3 is 6.18 Å². The second-order valence-electron chi connectivity index (χ2n) is 5.38. The van der Waals surface area contributed by atoms with Crippen LogP contribution in [0.4, 0.5) is 18.9 Å². The number of rotatable bonds is 4. The zero-order valence-electron chi connectivity index (χ0n) is 13.2. The largest absolute Gasteiger partial charge is 1.00 e. The van der Waals surface area contributed by atoms with Crippen LogP contribution in [0.25, 0.3) is 0 Å². The van der Waals surface area contributed by atoms with Gasteiger partial charge in [-0.1, -0.05) is 12.1 Å². The number of para-hydroxylation sites is 1. The molecular formula is C15H17Cl2F3N3O2-. The summed E-state index contributed by atoms with van der Waals surface area (Å²) in [4.78, 5) is 26.8. The van der Waals surface area contributed by atoms with Crippen LogP contribution in [-0.4, -0.2) is 60.2 Å². The molecule has 0 saturated carbocycles. The highest BCUT2D eigenvalue weighted by Crippen LogP contribution is 2.34. The minimum atomic E-state index is -4.53. The second kappa shape index (κ2) is 9.26. The normalized spacial score (nSPS) is 15.4. The van der Waals surface area contributed by atoms with E-state index >= 15 is 0 Å². The minimum absolute atomic E-state index is 0. The SMILES string of the molecule is O=C(CN1CCN(C(=O)CCl)CC1)Nc1ccccc1C(F)(F)F.[Cl-]. The summed E-state index contributed by atoms with van der Waals surface area (Å²) < 4.78 is 38.7. The number of nitrogens with one attached hydrogen (secondary N) is 1. The Morgan fingerprint density at radius 3 is 2.28 bits per heavy atom. The maximum atomic E-state index is 12.9. The van der Waals surface area contributed by atoms with Gasteiger partial charge in [0.05, 0.1) is 17.8 Å². The standard InChI is InChI=1S/C15H17ClF3N3O2.ClH/c16-9-14(24)22-7-5-21(6-8-22)10-13(23)20-12-4-2-1-3-11(12)15(17,18)19;/h1-4H,5-10H2,(H,20,23);1H/p-1. The van der Waals surface area contributed by atoms with Gasteiger partial charge in [-0.25, -0.2) is 0 Å². The summed E-state index contributed by atoms with van der Waals surface area (Å²) in [5, 5.41) is 2.31. The van der Waals surface area contributed by atoms with Crippen molar-refractivity contribution in [2.75, 3.05) is 43.9 Å². The van der Waals surface area contributed by atoms with Crippen molar-refractivity contribution in [1.82, 2.24) is 9.80 Å². The van der Waals surface area contributed by atoms with E-state index in [2.05, 4.69) is 5.32 Å². The lowest BCUT2D eigenvalue weighted by Gasteiger charge is -2.34. The van der Waals surface area contributed by atoms with Crippen molar-refractivity contribution in [3.05, 3.63) is 29.8 Å². The maximum Gasteiger partial charge on any atom is 0.418 e. The van der Waals surface area contributed by atoms with E-state index in [1.807, 2.05) is 0 Å². The molecule has 25 heavy (non-hydrogen) atoms. The first kappa shape index (κ1) is 21.5. The Morgan fingerprint density at radius 1 is 1.12 bits per heavy atom. The number of hydrogen-bond acceptors (Lipinski definition) is 3. The average molecular weight is 399 g/mol. The van der Waals surface area contributed by atoms with E-state index in [0.717, 1.165) is 6.07 Å². The van der Waals surface area contributed by atoms with Crippen molar-refractivity contribution in [3.63, 3.8) is 0 Å². The summed E-state index contributed by atoms with van der Waals surface area (Å²) >= 11 is 5.49. The van der Waals surface area contributed by atoms with E-state index in [1.54, 1.807) is 9.80 Å². The summed E-state index contributed by atoms with van der Waals surface area (Å²) in [5.74, 6) is -0.780. The number of nitrogens with zero attached hydrogens (tertiary/aromatic N) is 2. The molecule has 10 heteroatoms. The molecule has 140 valence electrons. The third-order valence-electron chi connectivity index (χ3n) is 3.71. The molecule has 1 aliphatic heterocycles. The number of benzene rings is 1. The first-order valence-corrected chi connectivity index (χ1v) is 7.87. The van der Waals surface area contributed by atoms with E-state index in [4.69, 9.17) is 11.6 Å². The van der Waals surface area contributed by atoms with Crippen LogP contribution in [0.5, 0.6) is 0 Å². The maximum absolute atomic E-state index is 12.9. The molecule has 1 aromatic rings. The van der Waals surface area contributed by atoms with E-state index in [1.165, 1.54) is 18.2 Å². The molecule has 0 atom stereocenters. The van der Waals surface area contributed by atoms with Gasteiger partial charge in [-0.3, -0.25) is 14.5 Å². The summed E-state index contributed by atoms with van der Waals surface area (Å²) in [7, 11) is 0. The Balaban J connectivity index is 0.00000312. The number of hydrogen-bond donors (Lipinski definition) is 1. The molecule has 0 aromatic heterocycles. The number of carbonyl (C=O) groups excluding carboxylic acids is 2. The van der Waals surface area contributed by atoms with Gasteiger partial charge in [-0.2, -0.15) is 13.2 Å². The molecule has 1 heterocycles. The fraction of sp³-hybridized carbons (Fsp3) is 0.467. The molecule has 2 amide bonds. The van der Waals surface area contributed by atoms with Crippen molar-refractivity contribution in [1.29, 1.82) is 0 Å². The smallest absolute Gasteiger partial charge is 0.418 e. The number of alkyl halides is 4. The Morgan fingerprint density at radius 2 is 1.72 bits per heavy atom. The van der Waals surface area contributed by atoms with Crippen LogP contribution < -0.4 is 17.7 Å². The molecule has 2 rings (SSSR count). The first-order chi connectivity index (χ1) is 11.3. The molecule has 1 saturated heterocycles. The van der Waals surface area contributed by atoms with Crippen LogP contribution in [0, 0.1) is 0 Å². The second-order valence-corrected chi connectivity index (χ2v) is 5.65. The van der Waals surface area contributed by atoms with Crippen LogP contribution in [0.15, 0.2) is 24.3 Å². The molecule has 0 bridgehead atoms. The molecule has 5 nitrogen and oxygen atoms in total. The summed E-state index contributed by atoms with van der Waals surface area (Å²) in [6.45, 7) is 1.79. The van der Waals surface area contributed by atoms with Gasteiger partial charge in [-0.05, 0) is 12.1 Å². The molecule has 0 spiro atoms. The topological polar surface area (TPSA) is 52.7 Å². The fourth-order valence-electron chi connectivity index (χ4n) is 2.47. The quantitative estimate of drug-likeness (QED) is 0.664. The first-order valence-electron chi connectivity index (χ1n) is 7.33. The van der Waals surface area contributed by atoms with Gasteiger partial charge in [0.15, 0.2) is 0 Å². The van der Waals surface area contributed by atoms with Gasteiger partial charge in [0.25, 0.3) is 0 Å². The molecule has 1 fully saturated rings. The summed E-state index contributed by atoms with van der Waals surface area (Å²) in [6, 6.07) is 4.84. The van der Waals surface area contributed by atoms with E-state index in [9.17, 15) is 22.8 Å². The minimum Gasteiger partial charge on any atom is -1.00 e. The highest BCUT2D eigenvalue weighted by atomic mass is 35.5. The van der Waals surface area contributed by atoms with Gasteiger partial charge in [0.2, 0.25) is 11.8 Å². The number of amides is 2. The fourth-order valence-corrected chi connectivity index (χ4v) is 2.64. The van der Waals surface area contributed by atoms with E-state index in [-0.39, 0.29) is 36.4 Å². The van der Waals surface area contributed by atoms with Crippen LogP contribution >= 0.6 is 11.6 Å². The average Bonchev–Trinajstić information content (AvgIpc) is 2.54. The molecule has 1 aliphatic rings. The van der Waals surface area contributed by atoms with Gasteiger partial charge in [0.1, 0.15) is 5.88 Å². The number of anilines is 1. The third-order valence-corrected chi connectivity index (χ3v) is 3.94. The van der Waals surface area contributed by atoms with Crippen molar-refractivity contribution in [2.45, 2.75) is 6.18 Å². The molecule has 1 N–H and O–H groups in total. The van der Waals surface area contributed by atoms with Crippen molar-refractivity contribution >= 4 is 29.1 Å². The van der Waals surface area contributed by atoms with Crippen LogP contribution in [0.3, 0.4) is 0 Å². The summed E-state index contributed by atoms with van der Waals surface area (Å²) in [6.07, 6.45) is -4.53. The number of piperazine rings is 1. The van der Waals surface area contributed by atoms with Crippen molar-refractivity contribution < 1.29 is 35.2 Å². The lowest BCUT2D eigenvalue weighted by Crippen LogP contribution is -3.00. The Hall–Kier alpha value is -1.51. The van der Waals surface area contributed by atoms with Crippen LogP contribution in [0.2, 0.25) is 0 Å². The predicted octanol–water partition coefficient (Wildman–Crippen LogP) is -0.969. The Kier molecular flexibility index (Phi) is 7.98. The molecular weight excluding hydrogens is 382 g/mol. The molecule has 0 unspecified atom stereocenters. The highest BCUT2D eigenvalue weighted by Gasteiger charge is 2.33. The molecule has 0 radical (unpaired) electrons. The van der Waals surface area contributed by atoms with E-state index in [0.29, 0.717) is 26.2 Å². The van der Waals surface area contributed by atoms with E-state index < -0.39 is 17.6 Å². The predicted molar refractivity (Wildman–Crippen MR) is 83.8 cm³/mol. The number of carbonyl (C=O) groups is 2. The lowest BCUT2D eigenvalue weighted by molar-refractivity contribution is -0.137. The third kappa shape index (κ3) is 6.05. The highest BCUT2D eigenvalue weighted by molar-refractivity contribution is 6.27. The van der Waals surface area contributed by atoms with Crippen LogP contribution in [-0.2, 0) is 15.8 Å². The lowest BCUT2D eigenvalue weighted by atomic mass is 10.1. The Bertz CT molecular complexity index is 606. The van der Waals surface area contributed by atoms with Crippen molar-refractivity contribution in [2.24, 2.45) is 0 Å². The molecule has 0 aliphatic carbocycles. The molecule has 1 aromatic carbocycles. The van der Waals surface area contributed by atoms with Gasteiger partial charge < -0.3 is 22.6 Å². The Labute approximate surface area is 154 Å². The summed E-state index contributed by atoms with van der Waals surface area (Å²) in [5.41, 5.74) is -1.14. The number of halogens is 5. The zero-order chi connectivity index (χ0) is 17.7. The van der Waals surface area contributed by atoms with Gasteiger partial charge in [-0.15, -0.1) is 11.6 Å². The van der Waals surface area contributed by atoms with Crippen molar-refractivity contribution in [3.8, 4) is 0 Å².